The number of aromatic nitrogens is 2. The molecule has 1 atom stereocenters. The van der Waals surface area contributed by atoms with Crippen LogP contribution in [0.5, 0.6) is 5.88 Å². The fourth-order valence-corrected chi connectivity index (χ4v) is 5.28. The van der Waals surface area contributed by atoms with Crippen LogP contribution in [0.1, 0.15) is 44.1 Å². The van der Waals surface area contributed by atoms with Gasteiger partial charge in [-0.2, -0.15) is 0 Å². The van der Waals surface area contributed by atoms with Crippen LogP contribution in [0.3, 0.4) is 0 Å². The average molecular weight is 464 g/mol. The topological polar surface area (TPSA) is 78.9 Å². The van der Waals surface area contributed by atoms with Crippen molar-refractivity contribution in [2.24, 2.45) is 5.92 Å². The second-order valence-electron chi connectivity index (χ2n) is 9.61. The normalized spacial score (nSPS) is 21.7. The molecule has 0 N–H and O–H groups in total. The molecule has 3 heterocycles. The fraction of sp³-hybridized carbons (Fsp3) is 0.538. The Bertz CT molecular complexity index is 1010. The van der Waals surface area contributed by atoms with Crippen molar-refractivity contribution >= 4 is 23.3 Å². The Morgan fingerprint density at radius 2 is 1.74 bits per heavy atom. The zero-order valence-corrected chi connectivity index (χ0v) is 19.9. The number of benzene rings is 1. The predicted molar refractivity (Wildman–Crippen MR) is 130 cm³/mol. The molecule has 0 bridgehead atoms. The van der Waals surface area contributed by atoms with Crippen LogP contribution in [0.25, 0.3) is 0 Å². The first-order chi connectivity index (χ1) is 16.6. The molecule has 2 amide bonds. The summed E-state index contributed by atoms with van der Waals surface area (Å²) in [6, 6.07) is 11.7. The predicted octanol–water partition coefficient (Wildman–Crippen LogP) is 3.20. The number of piperazine rings is 1. The zero-order valence-electron chi connectivity index (χ0n) is 19.9. The summed E-state index contributed by atoms with van der Waals surface area (Å²) in [7, 11) is 0. The van der Waals surface area contributed by atoms with Crippen LogP contribution in [0, 0.1) is 12.8 Å². The number of ether oxygens (including phenoxy) is 1. The van der Waals surface area contributed by atoms with Gasteiger partial charge in [0.05, 0.1) is 5.92 Å². The van der Waals surface area contributed by atoms with Crippen molar-refractivity contribution in [2.75, 3.05) is 42.5 Å². The van der Waals surface area contributed by atoms with Gasteiger partial charge in [0.1, 0.15) is 6.10 Å². The lowest BCUT2D eigenvalue weighted by Crippen LogP contribution is -2.51. The minimum Gasteiger partial charge on any atom is -0.473 e. The van der Waals surface area contributed by atoms with Crippen molar-refractivity contribution in [1.82, 2.24) is 15.1 Å². The van der Waals surface area contributed by atoms with Crippen molar-refractivity contribution < 1.29 is 14.3 Å². The first-order valence-electron chi connectivity index (χ1n) is 12.5. The molecule has 2 saturated heterocycles. The van der Waals surface area contributed by atoms with E-state index in [4.69, 9.17) is 4.74 Å². The number of hydrogen-bond acceptors (Lipinski definition) is 6. The Morgan fingerprint density at radius 3 is 2.44 bits per heavy atom. The molecule has 8 nitrogen and oxygen atoms in total. The van der Waals surface area contributed by atoms with Crippen molar-refractivity contribution in [3.05, 3.63) is 42.0 Å². The molecule has 180 valence electrons. The quantitative estimate of drug-likeness (QED) is 0.678. The summed E-state index contributed by atoms with van der Waals surface area (Å²) in [5.41, 5.74) is 1.95. The maximum Gasteiger partial charge on any atom is 0.233 e. The Morgan fingerprint density at radius 1 is 0.971 bits per heavy atom. The molecule has 8 heteroatoms. The lowest BCUT2D eigenvalue weighted by atomic mass is 9.98. The molecule has 5 rings (SSSR count). The van der Waals surface area contributed by atoms with Gasteiger partial charge in [-0.15, -0.1) is 10.2 Å². The van der Waals surface area contributed by atoms with E-state index < -0.39 is 0 Å². The third-order valence-electron chi connectivity index (χ3n) is 7.26. The van der Waals surface area contributed by atoms with Crippen LogP contribution in [-0.4, -0.2) is 65.7 Å². The van der Waals surface area contributed by atoms with Gasteiger partial charge < -0.3 is 19.4 Å². The minimum absolute atomic E-state index is 0.0251. The Kier molecular flexibility index (Phi) is 6.65. The van der Waals surface area contributed by atoms with E-state index in [-0.39, 0.29) is 30.3 Å². The van der Waals surface area contributed by atoms with Crippen LogP contribution < -0.4 is 14.5 Å². The number of carbonyl (C=O) groups is 2. The van der Waals surface area contributed by atoms with E-state index in [1.165, 1.54) is 19.3 Å². The number of amides is 2. The molecule has 3 fully saturated rings. The van der Waals surface area contributed by atoms with Crippen molar-refractivity contribution in [1.29, 1.82) is 0 Å². The summed E-state index contributed by atoms with van der Waals surface area (Å²) in [5, 5.41) is 8.65. The summed E-state index contributed by atoms with van der Waals surface area (Å²) >= 11 is 0. The number of carbonyl (C=O) groups excluding carboxylic acids is 2. The molecule has 1 aliphatic carbocycles. The molecule has 0 radical (unpaired) electrons. The van der Waals surface area contributed by atoms with Gasteiger partial charge >= 0.3 is 0 Å². The van der Waals surface area contributed by atoms with E-state index in [1.54, 1.807) is 4.90 Å². The highest BCUT2D eigenvalue weighted by Crippen LogP contribution is 2.29. The molecule has 2 aromatic rings. The molecular weight excluding hydrogens is 430 g/mol. The molecule has 3 aliphatic rings. The van der Waals surface area contributed by atoms with Gasteiger partial charge in [-0.05, 0) is 50.3 Å². The molecule has 1 aromatic heterocycles. The van der Waals surface area contributed by atoms with E-state index >= 15 is 0 Å². The molecule has 1 aromatic carbocycles. The summed E-state index contributed by atoms with van der Waals surface area (Å²) in [6.45, 7) is 5.09. The smallest absolute Gasteiger partial charge is 0.233 e. The summed E-state index contributed by atoms with van der Waals surface area (Å²) in [4.78, 5) is 31.6. The number of anilines is 2. The first-order valence-corrected chi connectivity index (χ1v) is 12.5. The molecule has 2 aliphatic heterocycles. The zero-order chi connectivity index (χ0) is 23.5. The number of rotatable bonds is 5. The highest BCUT2D eigenvalue weighted by atomic mass is 16.5. The van der Waals surface area contributed by atoms with Crippen molar-refractivity contribution in [3.8, 4) is 5.88 Å². The highest BCUT2D eigenvalue weighted by molar-refractivity contribution is 6.00. The average Bonchev–Trinajstić information content (AvgIpc) is 3.26. The second-order valence-corrected chi connectivity index (χ2v) is 9.61. The Labute approximate surface area is 200 Å². The largest absolute Gasteiger partial charge is 0.473 e. The van der Waals surface area contributed by atoms with Gasteiger partial charge in [0, 0.05) is 50.9 Å². The maximum atomic E-state index is 13.2. The minimum atomic E-state index is -0.283. The molecule has 1 saturated carbocycles. The van der Waals surface area contributed by atoms with E-state index in [0.29, 0.717) is 38.6 Å². The monoisotopic (exact) mass is 463 g/mol. The van der Waals surface area contributed by atoms with E-state index in [1.807, 2.05) is 48.2 Å². The van der Waals surface area contributed by atoms with Crippen LogP contribution in [0.15, 0.2) is 36.4 Å². The Hall–Kier alpha value is -3.16. The standard InChI is InChI=1S/C26H33N5O3/c1-19-7-5-6-10-22(19)31-18-20(17-25(31)32)26(33)30-15-13-29(14-16-30)23-11-12-24(28-27-23)34-21-8-3-2-4-9-21/h5-7,10-12,20-21H,2-4,8-9,13-18H2,1H3. The van der Waals surface area contributed by atoms with Gasteiger partial charge in [-0.25, -0.2) is 0 Å². The number of aryl methyl sites for hydroxylation is 1. The SMILES string of the molecule is Cc1ccccc1N1CC(C(=O)N2CCN(c3ccc(OC4CCCCC4)nn3)CC2)CC1=O. The number of hydrogen-bond donors (Lipinski definition) is 0. The molecule has 1 unspecified atom stereocenters. The van der Waals surface area contributed by atoms with Crippen LogP contribution in [0.4, 0.5) is 11.5 Å². The van der Waals surface area contributed by atoms with Crippen LogP contribution in [-0.2, 0) is 9.59 Å². The summed E-state index contributed by atoms with van der Waals surface area (Å²) in [5.74, 6) is 1.22. The first kappa shape index (κ1) is 22.6. The van der Waals surface area contributed by atoms with E-state index in [0.717, 1.165) is 29.9 Å². The highest BCUT2D eigenvalue weighted by Gasteiger charge is 2.38. The van der Waals surface area contributed by atoms with Gasteiger partial charge in [0.15, 0.2) is 5.82 Å². The third-order valence-corrected chi connectivity index (χ3v) is 7.26. The van der Waals surface area contributed by atoms with Gasteiger partial charge in [-0.3, -0.25) is 9.59 Å². The molecule has 34 heavy (non-hydrogen) atoms. The lowest BCUT2D eigenvalue weighted by molar-refractivity contribution is -0.136. The maximum absolute atomic E-state index is 13.2. The fourth-order valence-electron chi connectivity index (χ4n) is 5.28. The third kappa shape index (κ3) is 4.86. The Balaban J connectivity index is 1.13. The summed E-state index contributed by atoms with van der Waals surface area (Å²) in [6.07, 6.45) is 6.45. The lowest BCUT2D eigenvalue weighted by Gasteiger charge is -2.36. The second kappa shape index (κ2) is 9.99. The van der Waals surface area contributed by atoms with Gasteiger partial charge in [0.25, 0.3) is 0 Å². The molecular formula is C26H33N5O3. The van der Waals surface area contributed by atoms with E-state index in [2.05, 4.69) is 15.1 Å². The number of para-hydroxylation sites is 1. The van der Waals surface area contributed by atoms with Crippen molar-refractivity contribution in [2.45, 2.75) is 51.6 Å². The number of nitrogens with zero attached hydrogens (tertiary/aromatic N) is 5. The molecule has 0 spiro atoms. The van der Waals surface area contributed by atoms with Gasteiger partial charge in [-0.1, -0.05) is 24.6 Å². The van der Waals surface area contributed by atoms with Crippen molar-refractivity contribution in [3.63, 3.8) is 0 Å². The van der Waals surface area contributed by atoms with Gasteiger partial charge in [0.2, 0.25) is 17.7 Å². The van der Waals surface area contributed by atoms with E-state index in [9.17, 15) is 9.59 Å². The van der Waals surface area contributed by atoms with Crippen LogP contribution >= 0.6 is 0 Å². The van der Waals surface area contributed by atoms with Crippen LogP contribution in [0.2, 0.25) is 0 Å². The summed E-state index contributed by atoms with van der Waals surface area (Å²) < 4.78 is 5.98.